The van der Waals surface area contributed by atoms with Crippen LogP contribution in [-0.4, -0.2) is 43.0 Å². The number of hydrogen-bond donors (Lipinski definition) is 4. The van der Waals surface area contributed by atoms with Gasteiger partial charge in [-0.25, -0.2) is 4.98 Å². The lowest BCUT2D eigenvalue weighted by Crippen LogP contribution is -2.29. The molecule has 180 valence electrons. The highest BCUT2D eigenvalue weighted by Crippen LogP contribution is 2.28. The Morgan fingerprint density at radius 3 is 2.71 bits per heavy atom. The molecule has 1 aliphatic rings. The van der Waals surface area contributed by atoms with Crippen molar-refractivity contribution in [3.8, 4) is 0 Å². The minimum atomic E-state index is -0.483. The summed E-state index contributed by atoms with van der Waals surface area (Å²) in [7, 11) is 0. The van der Waals surface area contributed by atoms with Crippen LogP contribution in [0.2, 0.25) is 0 Å². The van der Waals surface area contributed by atoms with Gasteiger partial charge in [-0.05, 0) is 50.3 Å². The van der Waals surface area contributed by atoms with Gasteiger partial charge in [0.25, 0.3) is 0 Å². The Morgan fingerprint density at radius 1 is 1.15 bits per heavy atom. The molecular formula is C24H33N9O. The molecule has 1 saturated carbocycles. The summed E-state index contributed by atoms with van der Waals surface area (Å²) in [5.74, 6) is 1.54. The number of carbonyl (C=O) groups is 1. The average molecular weight is 464 g/mol. The molecule has 0 saturated heterocycles. The smallest absolute Gasteiger partial charge is 0.248 e. The summed E-state index contributed by atoms with van der Waals surface area (Å²) in [5.41, 5.74) is 6.52. The largest absolute Gasteiger partial charge is 0.366 e. The number of amides is 1. The van der Waals surface area contributed by atoms with Crippen molar-refractivity contribution < 1.29 is 4.79 Å². The van der Waals surface area contributed by atoms with Gasteiger partial charge in [-0.15, -0.1) is 0 Å². The molecule has 0 spiro atoms. The van der Waals surface area contributed by atoms with Crippen LogP contribution >= 0.6 is 0 Å². The number of hydrogen-bond acceptors (Lipinski definition) is 8. The van der Waals surface area contributed by atoms with Crippen molar-refractivity contribution in [1.82, 2.24) is 24.5 Å². The van der Waals surface area contributed by atoms with Crippen LogP contribution in [0.1, 0.15) is 55.8 Å². The van der Waals surface area contributed by atoms with E-state index < -0.39 is 5.91 Å². The van der Waals surface area contributed by atoms with Crippen molar-refractivity contribution in [2.75, 3.05) is 22.5 Å². The topological polar surface area (TPSA) is 136 Å². The molecule has 5 N–H and O–H groups in total. The van der Waals surface area contributed by atoms with Crippen LogP contribution in [0.25, 0.3) is 0 Å². The predicted octanol–water partition coefficient (Wildman–Crippen LogP) is 3.79. The number of carbonyl (C=O) groups excluding carboxylic acids is 1. The number of primary amides is 1. The molecule has 1 aliphatic carbocycles. The van der Waals surface area contributed by atoms with E-state index >= 15 is 0 Å². The Balaban J connectivity index is 1.47. The lowest BCUT2D eigenvalue weighted by molar-refractivity contribution is 0.100. The summed E-state index contributed by atoms with van der Waals surface area (Å²) in [6.07, 6.45) is 12.7. The minimum absolute atomic E-state index is 0.267. The Morgan fingerprint density at radius 2 is 1.94 bits per heavy atom. The van der Waals surface area contributed by atoms with Gasteiger partial charge in [-0.1, -0.05) is 25.3 Å². The first-order valence-electron chi connectivity index (χ1n) is 12.0. The second-order valence-corrected chi connectivity index (χ2v) is 8.79. The van der Waals surface area contributed by atoms with Crippen molar-refractivity contribution >= 4 is 29.4 Å². The standard InChI is InChI=1S/C24H33N9O/c1-17(18-7-3-2-4-8-18)28-23-30-22(27-11-6-13-33-14-12-26-16-33)31-24(32-23)29-20-10-5-9-19(15-20)21(25)34/h5,9-10,12,14-18H,2-4,6-8,11,13H2,1H3,(H2,25,34)(H3,27,28,29,30,31,32)/t17-/m0/s1. The zero-order valence-electron chi connectivity index (χ0n) is 19.6. The third kappa shape index (κ3) is 6.66. The summed E-state index contributed by atoms with van der Waals surface area (Å²) < 4.78 is 2.03. The van der Waals surface area contributed by atoms with Gasteiger partial charge in [-0.3, -0.25) is 4.79 Å². The molecule has 10 heteroatoms. The molecule has 0 aliphatic heterocycles. The van der Waals surface area contributed by atoms with E-state index in [-0.39, 0.29) is 6.04 Å². The molecule has 0 radical (unpaired) electrons. The fourth-order valence-corrected chi connectivity index (χ4v) is 4.29. The number of aryl methyl sites for hydroxylation is 1. The molecule has 1 amide bonds. The maximum absolute atomic E-state index is 11.5. The van der Waals surface area contributed by atoms with Crippen molar-refractivity contribution in [3.05, 3.63) is 48.5 Å². The lowest BCUT2D eigenvalue weighted by atomic mass is 9.85. The summed E-state index contributed by atoms with van der Waals surface area (Å²) in [6, 6.07) is 7.23. The SMILES string of the molecule is C[C@H](Nc1nc(NCCCn2ccnc2)nc(Nc2cccc(C(N)=O)c2)n1)C1CCCCC1. The molecule has 1 fully saturated rings. The lowest BCUT2D eigenvalue weighted by Gasteiger charge is -2.28. The van der Waals surface area contributed by atoms with Gasteiger partial charge >= 0.3 is 0 Å². The van der Waals surface area contributed by atoms with Crippen LogP contribution < -0.4 is 21.7 Å². The quantitative estimate of drug-likeness (QED) is 0.315. The third-order valence-electron chi connectivity index (χ3n) is 6.19. The first kappa shape index (κ1) is 23.5. The number of benzene rings is 1. The van der Waals surface area contributed by atoms with Gasteiger partial charge in [0.1, 0.15) is 0 Å². The predicted molar refractivity (Wildman–Crippen MR) is 133 cm³/mol. The molecule has 3 aromatic rings. The highest BCUT2D eigenvalue weighted by Gasteiger charge is 2.21. The molecule has 1 atom stereocenters. The number of imidazole rings is 1. The summed E-state index contributed by atoms with van der Waals surface area (Å²) in [5, 5.41) is 9.98. The van der Waals surface area contributed by atoms with Crippen LogP contribution in [0.15, 0.2) is 43.0 Å². The van der Waals surface area contributed by atoms with Crippen molar-refractivity contribution in [2.24, 2.45) is 11.7 Å². The van der Waals surface area contributed by atoms with Crippen LogP contribution in [-0.2, 0) is 6.54 Å². The van der Waals surface area contributed by atoms with E-state index in [0.717, 1.165) is 13.0 Å². The van der Waals surface area contributed by atoms with E-state index in [1.54, 1.807) is 30.7 Å². The Kier molecular flexibility index (Phi) is 7.90. The van der Waals surface area contributed by atoms with Crippen molar-refractivity contribution in [3.63, 3.8) is 0 Å². The van der Waals surface area contributed by atoms with E-state index in [0.29, 0.717) is 41.6 Å². The van der Waals surface area contributed by atoms with E-state index in [1.807, 2.05) is 16.8 Å². The number of rotatable bonds is 11. The fraction of sp³-hybridized carbons (Fsp3) is 0.458. The Bertz CT molecular complexity index is 1060. The summed E-state index contributed by atoms with van der Waals surface area (Å²) in [6.45, 7) is 3.75. The molecule has 1 aromatic carbocycles. The van der Waals surface area contributed by atoms with Crippen LogP contribution in [0, 0.1) is 5.92 Å². The summed E-state index contributed by atoms with van der Waals surface area (Å²) >= 11 is 0. The van der Waals surface area contributed by atoms with Gasteiger partial charge in [0.05, 0.1) is 6.33 Å². The van der Waals surface area contributed by atoms with Crippen LogP contribution in [0.4, 0.5) is 23.5 Å². The highest BCUT2D eigenvalue weighted by atomic mass is 16.1. The van der Waals surface area contributed by atoms with Crippen LogP contribution in [0.3, 0.4) is 0 Å². The highest BCUT2D eigenvalue weighted by molar-refractivity contribution is 5.93. The van der Waals surface area contributed by atoms with Gasteiger partial charge in [0.15, 0.2) is 0 Å². The molecule has 2 aromatic heterocycles. The van der Waals surface area contributed by atoms with Gasteiger partial charge in [0.2, 0.25) is 23.8 Å². The van der Waals surface area contributed by atoms with Crippen LogP contribution in [0.5, 0.6) is 0 Å². The van der Waals surface area contributed by atoms with Gasteiger partial charge in [0, 0.05) is 42.8 Å². The molecule has 34 heavy (non-hydrogen) atoms. The second kappa shape index (κ2) is 11.4. The van der Waals surface area contributed by atoms with Gasteiger partial charge < -0.3 is 26.3 Å². The maximum atomic E-state index is 11.5. The third-order valence-corrected chi connectivity index (χ3v) is 6.19. The maximum Gasteiger partial charge on any atom is 0.248 e. The molecular weight excluding hydrogens is 430 g/mol. The normalized spacial score (nSPS) is 15.0. The molecule has 0 bridgehead atoms. The van der Waals surface area contributed by atoms with E-state index in [1.165, 1.54) is 32.1 Å². The average Bonchev–Trinajstić information content (AvgIpc) is 3.36. The number of anilines is 4. The van der Waals surface area contributed by atoms with E-state index in [2.05, 4.69) is 42.8 Å². The monoisotopic (exact) mass is 463 g/mol. The van der Waals surface area contributed by atoms with E-state index in [4.69, 9.17) is 5.73 Å². The number of nitrogens with one attached hydrogen (secondary N) is 3. The second-order valence-electron chi connectivity index (χ2n) is 8.79. The minimum Gasteiger partial charge on any atom is -0.366 e. The first-order chi connectivity index (χ1) is 16.6. The molecule has 0 unspecified atom stereocenters. The number of nitrogens with zero attached hydrogens (tertiary/aromatic N) is 5. The van der Waals surface area contributed by atoms with Gasteiger partial charge in [-0.2, -0.15) is 15.0 Å². The first-order valence-corrected chi connectivity index (χ1v) is 12.0. The number of nitrogens with two attached hydrogens (primary N) is 1. The van der Waals surface area contributed by atoms with Crippen molar-refractivity contribution in [2.45, 2.75) is 58.0 Å². The Hall–Kier alpha value is -3.69. The number of aromatic nitrogens is 5. The van der Waals surface area contributed by atoms with Crippen molar-refractivity contribution in [1.29, 1.82) is 0 Å². The Labute approximate surface area is 199 Å². The molecule has 4 rings (SSSR count). The summed E-state index contributed by atoms with van der Waals surface area (Å²) in [4.78, 5) is 29.4. The molecule has 10 nitrogen and oxygen atoms in total. The molecule has 2 heterocycles. The zero-order chi connectivity index (χ0) is 23.8. The zero-order valence-corrected chi connectivity index (χ0v) is 19.6. The fourth-order valence-electron chi connectivity index (χ4n) is 4.29. The van der Waals surface area contributed by atoms with E-state index in [9.17, 15) is 4.79 Å².